The summed E-state index contributed by atoms with van der Waals surface area (Å²) in [7, 11) is -1.59. The highest BCUT2D eigenvalue weighted by Crippen LogP contribution is 2.38. The van der Waals surface area contributed by atoms with Gasteiger partial charge in [0.05, 0.1) is 13.4 Å². The summed E-state index contributed by atoms with van der Waals surface area (Å²) in [6.45, 7) is 12.5. The number of allylic oxidation sites excluding steroid dienone is 1. The molecule has 2 aromatic rings. The minimum atomic E-state index is -3.28. The summed E-state index contributed by atoms with van der Waals surface area (Å²) in [5.74, 6) is 0.861. The first kappa shape index (κ1) is 25.2. The first-order valence-electron chi connectivity index (χ1n) is 9.55. The SMILES string of the molecule is CC.COc1c(/C=C(\C)c2ccc(NS(C)(=O)=O)cc2)cc(Br)cc1C(C)(C)C. The Morgan fingerprint density at radius 3 is 2.10 bits per heavy atom. The summed E-state index contributed by atoms with van der Waals surface area (Å²) in [4.78, 5) is 0. The Hall–Kier alpha value is -1.79. The smallest absolute Gasteiger partial charge is 0.229 e. The molecule has 0 aromatic heterocycles. The number of anilines is 1. The molecule has 2 rings (SSSR count). The number of benzene rings is 2. The van der Waals surface area contributed by atoms with Crippen molar-refractivity contribution in [3.05, 3.63) is 57.6 Å². The summed E-state index contributed by atoms with van der Waals surface area (Å²) in [5, 5.41) is 0. The molecule has 0 saturated heterocycles. The van der Waals surface area contributed by atoms with E-state index in [0.29, 0.717) is 5.69 Å². The van der Waals surface area contributed by atoms with E-state index < -0.39 is 10.0 Å². The van der Waals surface area contributed by atoms with Gasteiger partial charge in [-0.05, 0) is 53.8 Å². The van der Waals surface area contributed by atoms with E-state index in [9.17, 15) is 8.42 Å². The molecular weight excluding hydrogens is 450 g/mol. The summed E-state index contributed by atoms with van der Waals surface area (Å²) in [5.41, 5.74) is 4.68. The summed E-state index contributed by atoms with van der Waals surface area (Å²) < 4.78 is 31.9. The lowest BCUT2D eigenvalue weighted by molar-refractivity contribution is 0.396. The second-order valence-corrected chi connectivity index (χ2v) is 10.3. The van der Waals surface area contributed by atoms with Crippen molar-refractivity contribution in [2.75, 3.05) is 18.1 Å². The van der Waals surface area contributed by atoms with Crippen molar-refractivity contribution in [3.63, 3.8) is 0 Å². The fourth-order valence-electron chi connectivity index (χ4n) is 2.84. The molecule has 0 radical (unpaired) electrons. The summed E-state index contributed by atoms with van der Waals surface area (Å²) in [6, 6.07) is 11.4. The van der Waals surface area contributed by atoms with Crippen molar-refractivity contribution in [3.8, 4) is 5.75 Å². The molecule has 0 fully saturated rings. The van der Waals surface area contributed by atoms with Crippen molar-refractivity contribution < 1.29 is 13.2 Å². The molecule has 0 unspecified atom stereocenters. The fraction of sp³-hybridized carbons (Fsp3) is 0.391. The third-order valence-corrected chi connectivity index (χ3v) is 5.17. The third kappa shape index (κ3) is 7.52. The predicted octanol–water partition coefficient (Wildman–Crippen LogP) is 6.71. The second-order valence-electron chi connectivity index (χ2n) is 7.60. The van der Waals surface area contributed by atoms with Crippen LogP contribution in [0.5, 0.6) is 5.75 Å². The number of rotatable bonds is 5. The molecule has 0 heterocycles. The quantitative estimate of drug-likeness (QED) is 0.482. The van der Waals surface area contributed by atoms with Crippen molar-refractivity contribution in [1.82, 2.24) is 0 Å². The lowest BCUT2D eigenvalue weighted by atomic mass is 9.85. The minimum Gasteiger partial charge on any atom is -0.496 e. The Morgan fingerprint density at radius 1 is 1.10 bits per heavy atom. The van der Waals surface area contributed by atoms with Crippen LogP contribution in [0.4, 0.5) is 5.69 Å². The topological polar surface area (TPSA) is 55.4 Å². The zero-order chi connectivity index (χ0) is 22.4. The molecule has 0 aliphatic rings. The van der Waals surface area contributed by atoms with Gasteiger partial charge in [0, 0.05) is 21.3 Å². The Morgan fingerprint density at radius 2 is 1.66 bits per heavy atom. The second kappa shape index (κ2) is 10.3. The average molecular weight is 482 g/mol. The number of hydrogen-bond donors (Lipinski definition) is 1. The third-order valence-electron chi connectivity index (χ3n) is 4.11. The molecule has 29 heavy (non-hydrogen) atoms. The molecule has 0 aliphatic carbocycles. The first-order valence-corrected chi connectivity index (χ1v) is 12.2. The van der Waals surface area contributed by atoms with Crippen LogP contribution >= 0.6 is 15.9 Å². The van der Waals surface area contributed by atoms with Crippen LogP contribution in [0.3, 0.4) is 0 Å². The number of hydrogen-bond acceptors (Lipinski definition) is 3. The van der Waals surface area contributed by atoms with Gasteiger partial charge in [-0.15, -0.1) is 0 Å². The number of ether oxygens (including phenoxy) is 1. The van der Waals surface area contributed by atoms with Gasteiger partial charge in [-0.2, -0.15) is 0 Å². The largest absolute Gasteiger partial charge is 0.496 e. The van der Waals surface area contributed by atoms with Gasteiger partial charge in [0.25, 0.3) is 0 Å². The van der Waals surface area contributed by atoms with Gasteiger partial charge in [0.2, 0.25) is 10.0 Å². The molecule has 4 nitrogen and oxygen atoms in total. The molecule has 0 spiro atoms. The van der Waals surface area contributed by atoms with Crippen LogP contribution < -0.4 is 9.46 Å². The minimum absolute atomic E-state index is 0.0510. The molecule has 0 atom stereocenters. The van der Waals surface area contributed by atoms with E-state index in [1.165, 1.54) is 0 Å². The zero-order valence-electron chi connectivity index (χ0n) is 18.6. The van der Waals surface area contributed by atoms with E-state index in [1.807, 2.05) is 39.0 Å². The van der Waals surface area contributed by atoms with Gasteiger partial charge >= 0.3 is 0 Å². The van der Waals surface area contributed by atoms with Gasteiger partial charge in [-0.3, -0.25) is 4.72 Å². The van der Waals surface area contributed by atoms with Crippen LogP contribution in [0.15, 0.2) is 40.9 Å². The molecule has 2 aromatic carbocycles. The normalized spacial score (nSPS) is 12.1. The van der Waals surface area contributed by atoms with Crippen molar-refractivity contribution in [1.29, 1.82) is 0 Å². The van der Waals surface area contributed by atoms with Crippen LogP contribution in [-0.2, 0) is 15.4 Å². The predicted molar refractivity (Wildman–Crippen MR) is 129 cm³/mol. The molecule has 6 heteroatoms. The molecule has 160 valence electrons. The Labute approximate surface area is 184 Å². The van der Waals surface area contributed by atoms with E-state index in [0.717, 1.165) is 38.7 Å². The number of nitrogens with one attached hydrogen (secondary N) is 1. The fourth-order valence-corrected chi connectivity index (χ4v) is 3.88. The van der Waals surface area contributed by atoms with Crippen LogP contribution in [0.2, 0.25) is 0 Å². The Bertz CT molecular complexity index is 957. The lowest BCUT2D eigenvalue weighted by Gasteiger charge is -2.24. The lowest BCUT2D eigenvalue weighted by Crippen LogP contribution is -2.13. The highest BCUT2D eigenvalue weighted by Gasteiger charge is 2.21. The van der Waals surface area contributed by atoms with Crippen LogP contribution in [0, 0.1) is 0 Å². The van der Waals surface area contributed by atoms with E-state index >= 15 is 0 Å². The van der Waals surface area contributed by atoms with Crippen LogP contribution in [0.25, 0.3) is 11.6 Å². The van der Waals surface area contributed by atoms with Crippen molar-refractivity contribution in [2.45, 2.75) is 47.0 Å². The van der Waals surface area contributed by atoms with Gasteiger partial charge in [0.1, 0.15) is 5.75 Å². The van der Waals surface area contributed by atoms with Crippen molar-refractivity contribution >= 4 is 43.3 Å². The molecule has 0 amide bonds. The zero-order valence-corrected chi connectivity index (χ0v) is 21.0. The van der Waals surface area contributed by atoms with Crippen LogP contribution in [0.1, 0.15) is 58.2 Å². The Balaban J connectivity index is 0.00000204. The van der Waals surface area contributed by atoms with Gasteiger partial charge in [-0.1, -0.05) is 62.7 Å². The summed E-state index contributed by atoms with van der Waals surface area (Å²) in [6.07, 6.45) is 3.22. The van der Waals surface area contributed by atoms with E-state index in [1.54, 1.807) is 19.2 Å². The van der Waals surface area contributed by atoms with Gasteiger partial charge < -0.3 is 4.74 Å². The standard InChI is InChI=1S/C21H26BrNO3S.C2H6/c1-14(15-7-9-18(10-8-15)23-27(6,24)25)11-16-12-17(22)13-19(20(16)26-5)21(2,3)4;1-2/h7-13,23H,1-6H3;1-2H3/b14-11+;. The monoisotopic (exact) mass is 481 g/mol. The van der Waals surface area contributed by atoms with Crippen molar-refractivity contribution in [2.24, 2.45) is 0 Å². The molecular formula is C23H32BrNO3S. The maximum absolute atomic E-state index is 11.3. The van der Waals surface area contributed by atoms with E-state index in [2.05, 4.69) is 53.6 Å². The molecule has 0 saturated carbocycles. The number of sulfonamides is 1. The maximum atomic E-state index is 11.3. The highest BCUT2D eigenvalue weighted by atomic mass is 79.9. The maximum Gasteiger partial charge on any atom is 0.229 e. The van der Waals surface area contributed by atoms with E-state index in [4.69, 9.17) is 4.74 Å². The average Bonchev–Trinajstić information content (AvgIpc) is 2.61. The summed E-state index contributed by atoms with van der Waals surface area (Å²) >= 11 is 3.60. The molecule has 1 N–H and O–H groups in total. The number of halogens is 1. The van der Waals surface area contributed by atoms with Gasteiger partial charge in [-0.25, -0.2) is 8.42 Å². The first-order chi connectivity index (χ1) is 13.4. The molecule has 0 aliphatic heterocycles. The van der Waals surface area contributed by atoms with Crippen LogP contribution in [-0.4, -0.2) is 21.8 Å². The highest BCUT2D eigenvalue weighted by molar-refractivity contribution is 9.10. The Kier molecular flexibility index (Phi) is 8.97. The van der Waals surface area contributed by atoms with E-state index in [-0.39, 0.29) is 5.41 Å². The van der Waals surface area contributed by atoms with Gasteiger partial charge in [0.15, 0.2) is 0 Å². The molecule has 0 bridgehead atoms. The number of methoxy groups -OCH3 is 1.